The van der Waals surface area contributed by atoms with Crippen LogP contribution in [0.4, 0.5) is 5.69 Å². The van der Waals surface area contributed by atoms with Crippen molar-refractivity contribution in [2.45, 2.75) is 20.3 Å². The van der Waals surface area contributed by atoms with E-state index in [1.54, 1.807) is 7.11 Å². The van der Waals surface area contributed by atoms with Gasteiger partial charge in [-0.15, -0.1) is 0 Å². The van der Waals surface area contributed by atoms with Crippen LogP contribution in [-0.4, -0.2) is 20.2 Å². The van der Waals surface area contributed by atoms with Crippen molar-refractivity contribution in [3.63, 3.8) is 0 Å². The number of nitrogens with two attached hydrogens (primary N) is 1. The Bertz CT molecular complexity index is 306. The fourth-order valence-electron chi connectivity index (χ4n) is 1.53. The first-order valence-electron chi connectivity index (χ1n) is 5.65. The summed E-state index contributed by atoms with van der Waals surface area (Å²) in [7, 11) is 1.67. The highest BCUT2D eigenvalue weighted by Crippen LogP contribution is 2.21. The van der Waals surface area contributed by atoms with Crippen LogP contribution in [0, 0.1) is 5.41 Å². The predicted octanol–water partition coefficient (Wildman–Crippen LogP) is 2.48. The molecule has 3 heteroatoms. The highest BCUT2D eigenvalue weighted by molar-refractivity contribution is 5.46. The lowest BCUT2D eigenvalue weighted by Crippen LogP contribution is -2.26. The van der Waals surface area contributed by atoms with Gasteiger partial charge in [0.2, 0.25) is 0 Å². The Morgan fingerprint density at radius 3 is 2.38 bits per heavy atom. The zero-order valence-corrected chi connectivity index (χ0v) is 10.4. The van der Waals surface area contributed by atoms with Gasteiger partial charge in [0.15, 0.2) is 0 Å². The van der Waals surface area contributed by atoms with Gasteiger partial charge < -0.3 is 15.8 Å². The molecule has 0 aromatic heterocycles. The molecule has 1 aromatic rings. The minimum Gasteiger partial charge on any atom is -0.497 e. The molecule has 0 unspecified atom stereocenters. The molecule has 3 nitrogen and oxygen atoms in total. The molecule has 1 rings (SSSR count). The van der Waals surface area contributed by atoms with E-state index in [0.717, 1.165) is 30.9 Å². The number of methoxy groups -OCH3 is 1. The maximum absolute atomic E-state index is 5.58. The molecule has 3 N–H and O–H groups in total. The summed E-state index contributed by atoms with van der Waals surface area (Å²) < 4.78 is 5.11. The molecule has 0 heterocycles. The van der Waals surface area contributed by atoms with Gasteiger partial charge in [-0.25, -0.2) is 0 Å². The first kappa shape index (κ1) is 12.8. The monoisotopic (exact) mass is 222 g/mol. The third kappa shape index (κ3) is 4.11. The van der Waals surface area contributed by atoms with E-state index in [2.05, 4.69) is 19.2 Å². The zero-order valence-electron chi connectivity index (χ0n) is 10.4. The second-order valence-electron chi connectivity index (χ2n) is 4.78. The van der Waals surface area contributed by atoms with E-state index in [1.807, 2.05) is 24.3 Å². The molecule has 16 heavy (non-hydrogen) atoms. The number of hydrogen-bond acceptors (Lipinski definition) is 3. The van der Waals surface area contributed by atoms with Gasteiger partial charge in [0.05, 0.1) is 7.11 Å². The van der Waals surface area contributed by atoms with Crippen molar-refractivity contribution in [2.24, 2.45) is 11.1 Å². The molecule has 0 atom stereocenters. The van der Waals surface area contributed by atoms with Gasteiger partial charge in [-0.2, -0.15) is 0 Å². The molecule has 0 aliphatic carbocycles. The molecule has 90 valence electrons. The summed E-state index contributed by atoms with van der Waals surface area (Å²) in [5, 5.41) is 3.41. The molecule has 0 radical (unpaired) electrons. The fourth-order valence-corrected chi connectivity index (χ4v) is 1.53. The number of anilines is 1. The summed E-state index contributed by atoms with van der Waals surface area (Å²) >= 11 is 0. The van der Waals surface area contributed by atoms with Gasteiger partial charge in [-0.05, 0) is 42.6 Å². The first-order chi connectivity index (χ1) is 7.57. The highest BCUT2D eigenvalue weighted by Gasteiger charge is 2.15. The summed E-state index contributed by atoms with van der Waals surface area (Å²) in [4.78, 5) is 0. The molecule has 0 saturated heterocycles. The SMILES string of the molecule is COc1ccc(NCC(C)(C)CCN)cc1. The largest absolute Gasteiger partial charge is 0.497 e. The lowest BCUT2D eigenvalue weighted by atomic mass is 9.89. The Hall–Kier alpha value is -1.22. The Morgan fingerprint density at radius 1 is 1.25 bits per heavy atom. The van der Waals surface area contributed by atoms with Gasteiger partial charge in [-0.1, -0.05) is 13.8 Å². The van der Waals surface area contributed by atoms with Crippen LogP contribution < -0.4 is 15.8 Å². The standard InChI is InChI=1S/C13H22N2O/c1-13(2,8-9-14)10-15-11-4-6-12(16-3)7-5-11/h4-7,15H,8-10,14H2,1-3H3. The average Bonchev–Trinajstić information content (AvgIpc) is 2.27. The first-order valence-corrected chi connectivity index (χ1v) is 5.65. The van der Waals surface area contributed by atoms with Crippen molar-refractivity contribution < 1.29 is 4.74 Å². The van der Waals surface area contributed by atoms with Crippen LogP contribution in [0.1, 0.15) is 20.3 Å². The lowest BCUT2D eigenvalue weighted by molar-refractivity contribution is 0.365. The summed E-state index contributed by atoms with van der Waals surface area (Å²) in [6.07, 6.45) is 1.02. The lowest BCUT2D eigenvalue weighted by Gasteiger charge is -2.24. The van der Waals surface area contributed by atoms with Crippen molar-refractivity contribution in [1.29, 1.82) is 0 Å². The van der Waals surface area contributed by atoms with E-state index in [9.17, 15) is 0 Å². The zero-order chi connectivity index (χ0) is 12.0. The van der Waals surface area contributed by atoms with Crippen LogP contribution in [0.3, 0.4) is 0 Å². The average molecular weight is 222 g/mol. The van der Waals surface area contributed by atoms with Crippen LogP contribution in [0.25, 0.3) is 0 Å². The van der Waals surface area contributed by atoms with Gasteiger partial charge in [0, 0.05) is 12.2 Å². The van der Waals surface area contributed by atoms with E-state index in [1.165, 1.54) is 0 Å². The summed E-state index contributed by atoms with van der Waals surface area (Å²) in [6, 6.07) is 7.96. The van der Waals surface area contributed by atoms with Crippen molar-refractivity contribution in [3.8, 4) is 5.75 Å². The van der Waals surface area contributed by atoms with E-state index >= 15 is 0 Å². The van der Waals surface area contributed by atoms with Crippen molar-refractivity contribution >= 4 is 5.69 Å². The third-order valence-corrected chi connectivity index (χ3v) is 2.68. The van der Waals surface area contributed by atoms with E-state index in [0.29, 0.717) is 0 Å². The second kappa shape index (κ2) is 5.75. The Labute approximate surface area is 98.0 Å². The van der Waals surface area contributed by atoms with Gasteiger partial charge >= 0.3 is 0 Å². The second-order valence-corrected chi connectivity index (χ2v) is 4.78. The van der Waals surface area contributed by atoms with E-state index in [-0.39, 0.29) is 5.41 Å². The number of benzene rings is 1. The molecule has 0 aliphatic heterocycles. The van der Waals surface area contributed by atoms with Crippen LogP contribution >= 0.6 is 0 Å². The Balaban J connectivity index is 2.48. The summed E-state index contributed by atoms with van der Waals surface area (Å²) in [5.41, 5.74) is 6.92. The van der Waals surface area contributed by atoms with Gasteiger partial charge in [0.1, 0.15) is 5.75 Å². The van der Waals surface area contributed by atoms with Crippen LogP contribution in [0.2, 0.25) is 0 Å². The highest BCUT2D eigenvalue weighted by atomic mass is 16.5. The minimum atomic E-state index is 0.231. The van der Waals surface area contributed by atoms with Crippen molar-refractivity contribution in [2.75, 3.05) is 25.5 Å². The molecule has 0 spiro atoms. The molecule has 0 fully saturated rings. The van der Waals surface area contributed by atoms with Gasteiger partial charge in [0.25, 0.3) is 0 Å². The van der Waals surface area contributed by atoms with Crippen molar-refractivity contribution in [1.82, 2.24) is 0 Å². The number of rotatable bonds is 6. The molecule has 1 aromatic carbocycles. The smallest absolute Gasteiger partial charge is 0.119 e. The topological polar surface area (TPSA) is 47.3 Å². The van der Waals surface area contributed by atoms with Crippen LogP contribution in [0.15, 0.2) is 24.3 Å². The maximum Gasteiger partial charge on any atom is 0.119 e. The minimum absolute atomic E-state index is 0.231. The number of hydrogen-bond donors (Lipinski definition) is 2. The normalized spacial score (nSPS) is 11.2. The maximum atomic E-state index is 5.58. The van der Waals surface area contributed by atoms with Crippen LogP contribution in [-0.2, 0) is 0 Å². The quantitative estimate of drug-likeness (QED) is 0.777. The number of ether oxygens (including phenoxy) is 1. The molecule has 0 amide bonds. The molecular formula is C13H22N2O. The molecule has 0 bridgehead atoms. The third-order valence-electron chi connectivity index (χ3n) is 2.68. The van der Waals surface area contributed by atoms with E-state index in [4.69, 9.17) is 10.5 Å². The van der Waals surface area contributed by atoms with Crippen molar-refractivity contribution in [3.05, 3.63) is 24.3 Å². The summed E-state index contributed by atoms with van der Waals surface area (Å²) in [5.74, 6) is 0.881. The molecule has 0 saturated carbocycles. The molecule has 0 aliphatic rings. The Kier molecular flexibility index (Phi) is 4.62. The summed E-state index contributed by atoms with van der Waals surface area (Å²) in [6.45, 7) is 6.10. The Morgan fingerprint density at radius 2 is 1.88 bits per heavy atom. The van der Waals surface area contributed by atoms with Crippen LogP contribution in [0.5, 0.6) is 5.75 Å². The van der Waals surface area contributed by atoms with E-state index < -0.39 is 0 Å². The number of nitrogens with one attached hydrogen (secondary N) is 1. The fraction of sp³-hybridized carbons (Fsp3) is 0.538. The van der Waals surface area contributed by atoms with Gasteiger partial charge in [-0.3, -0.25) is 0 Å². The molecular weight excluding hydrogens is 200 g/mol. The predicted molar refractivity (Wildman–Crippen MR) is 68.9 cm³/mol.